The Kier molecular flexibility index (Phi) is 4.61. The van der Waals surface area contributed by atoms with E-state index in [0.29, 0.717) is 24.3 Å². The Labute approximate surface area is 157 Å². The van der Waals surface area contributed by atoms with Gasteiger partial charge in [-0.05, 0) is 50.5 Å². The van der Waals surface area contributed by atoms with Crippen molar-refractivity contribution in [3.8, 4) is 0 Å². The molecular weight excluding hydrogens is 348 g/mol. The predicted octanol–water partition coefficient (Wildman–Crippen LogP) is 0.964. The van der Waals surface area contributed by atoms with Crippen LogP contribution in [0.15, 0.2) is 4.79 Å². The molecule has 1 fully saturated rings. The second-order valence-electron chi connectivity index (χ2n) is 8.07. The molecule has 0 aromatic carbocycles. The Morgan fingerprint density at radius 3 is 2.92 bits per heavy atom. The van der Waals surface area contributed by atoms with Crippen molar-refractivity contribution in [3.63, 3.8) is 0 Å². The molecule has 1 saturated carbocycles. The highest BCUT2D eigenvalue weighted by atomic mass is 32.1. The van der Waals surface area contributed by atoms with Crippen molar-refractivity contribution in [2.45, 2.75) is 58.0 Å². The van der Waals surface area contributed by atoms with Gasteiger partial charge >= 0.3 is 0 Å². The number of fused-ring (bicyclic) bond motifs is 3. The van der Waals surface area contributed by atoms with Crippen molar-refractivity contribution in [1.82, 2.24) is 15.3 Å². The Balaban J connectivity index is 1.58. The first-order valence-corrected chi connectivity index (χ1v) is 10.4. The van der Waals surface area contributed by atoms with Crippen LogP contribution in [0.3, 0.4) is 0 Å². The Morgan fingerprint density at radius 1 is 1.42 bits per heavy atom. The molecule has 2 aliphatic rings. The van der Waals surface area contributed by atoms with Gasteiger partial charge in [0.25, 0.3) is 11.5 Å². The molecule has 140 valence electrons. The molecule has 26 heavy (non-hydrogen) atoms. The van der Waals surface area contributed by atoms with Gasteiger partial charge < -0.3 is 15.2 Å². The number of carbonyl (C=O) groups excluding carboxylic acids is 1. The summed E-state index contributed by atoms with van der Waals surface area (Å²) in [6, 6.07) is 0.329. The second kappa shape index (κ2) is 6.78. The molecule has 0 saturated heterocycles. The van der Waals surface area contributed by atoms with E-state index in [2.05, 4.69) is 17.2 Å². The average Bonchev–Trinajstić information content (AvgIpc) is 3.31. The highest BCUT2D eigenvalue weighted by Crippen LogP contribution is 2.35. The standard InChI is InChI=1S/C19H26N4O2S/c1-10-4-7-13-14(8-10)26-19-16(13)18(25)21-17(22-19)11(2)23(3)9-15(24)20-12-5-6-12/h10-12H,4-9H2,1-3H3,(H,20,24)(H,21,22,25)/p+1/t10-,11+/m1/s1. The van der Waals surface area contributed by atoms with E-state index in [4.69, 9.17) is 4.98 Å². The van der Waals surface area contributed by atoms with E-state index in [1.165, 1.54) is 10.4 Å². The first-order valence-electron chi connectivity index (χ1n) is 9.58. The number of aryl methyl sites for hydroxylation is 1. The number of quaternary nitrogens is 1. The zero-order valence-electron chi connectivity index (χ0n) is 15.6. The fraction of sp³-hybridized carbons (Fsp3) is 0.632. The minimum absolute atomic E-state index is 0.0286. The zero-order valence-corrected chi connectivity index (χ0v) is 16.5. The van der Waals surface area contributed by atoms with E-state index in [1.54, 1.807) is 11.3 Å². The van der Waals surface area contributed by atoms with Crippen molar-refractivity contribution in [3.05, 3.63) is 26.6 Å². The van der Waals surface area contributed by atoms with E-state index >= 15 is 0 Å². The minimum atomic E-state index is -0.0462. The van der Waals surface area contributed by atoms with Crippen LogP contribution in [0.25, 0.3) is 10.2 Å². The number of hydrogen-bond acceptors (Lipinski definition) is 4. The lowest BCUT2D eigenvalue weighted by molar-refractivity contribution is -0.903. The number of nitrogens with one attached hydrogen (secondary N) is 3. The van der Waals surface area contributed by atoms with Crippen LogP contribution in [0.1, 0.15) is 55.4 Å². The van der Waals surface area contributed by atoms with E-state index < -0.39 is 0 Å². The van der Waals surface area contributed by atoms with Gasteiger partial charge in [0.15, 0.2) is 12.4 Å². The molecule has 1 amide bonds. The third-order valence-corrected chi connectivity index (χ3v) is 6.86. The van der Waals surface area contributed by atoms with Gasteiger partial charge in [-0.1, -0.05) is 6.92 Å². The van der Waals surface area contributed by atoms with Crippen LogP contribution >= 0.6 is 11.3 Å². The summed E-state index contributed by atoms with van der Waals surface area (Å²) < 4.78 is 0. The SMILES string of the molecule is C[C@@H]1CCc2c(sc3nc([C@H](C)[NH+](C)CC(=O)NC4CC4)[nH]c(=O)c23)C1. The molecule has 7 heteroatoms. The van der Waals surface area contributed by atoms with Crippen molar-refractivity contribution in [1.29, 1.82) is 0 Å². The third-order valence-electron chi connectivity index (χ3n) is 5.71. The molecule has 2 aromatic heterocycles. The van der Waals surface area contributed by atoms with E-state index in [0.717, 1.165) is 47.2 Å². The molecule has 2 heterocycles. The first kappa shape index (κ1) is 17.7. The highest BCUT2D eigenvalue weighted by molar-refractivity contribution is 7.18. The number of H-pyrrole nitrogens is 1. The molecule has 1 unspecified atom stereocenters. The maximum atomic E-state index is 12.7. The van der Waals surface area contributed by atoms with Gasteiger partial charge in [-0.15, -0.1) is 11.3 Å². The van der Waals surface area contributed by atoms with Crippen LogP contribution in [0.4, 0.5) is 0 Å². The van der Waals surface area contributed by atoms with Crippen molar-refractivity contribution in [2.75, 3.05) is 13.6 Å². The van der Waals surface area contributed by atoms with Gasteiger partial charge in [-0.3, -0.25) is 9.59 Å². The monoisotopic (exact) mass is 375 g/mol. The normalized spacial score (nSPS) is 22.0. The van der Waals surface area contributed by atoms with Crippen molar-refractivity contribution >= 4 is 27.5 Å². The molecule has 4 rings (SSSR count). The van der Waals surface area contributed by atoms with Crippen LogP contribution in [0, 0.1) is 5.92 Å². The average molecular weight is 376 g/mol. The van der Waals surface area contributed by atoms with Gasteiger partial charge in [-0.2, -0.15) is 0 Å². The second-order valence-corrected chi connectivity index (χ2v) is 9.15. The summed E-state index contributed by atoms with van der Waals surface area (Å²) in [5, 5.41) is 3.81. The smallest absolute Gasteiger partial charge is 0.275 e. The highest BCUT2D eigenvalue weighted by Gasteiger charge is 2.28. The number of hydrogen-bond donors (Lipinski definition) is 3. The molecule has 2 aromatic rings. The lowest BCUT2D eigenvalue weighted by Crippen LogP contribution is -3.10. The van der Waals surface area contributed by atoms with Crippen LogP contribution in [0.2, 0.25) is 0 Å². The Bertz CT molecular complexity index is 899. The Hall–Kier alpha value is -1.73. The molecule has 0 aliphatic heterocycles. The number of carbonyl (C=O) groups is 1. The van der Waals surface area contributed by atoms with Crippen molar-refractivity contribution < 1.29 is 9.69 Å². The number of thiophene rings is 1. The summed E-state index contributed by atoms with van der Waals surface area (Å²) >= 11 is 1.67. The van der Waals surface area contributed by atoms with Gasteiger partial charge in [-0.25, -0.2) is 4.98 Å². The number of likely N-dealkylation sites (N-methyl/N-ethyl adjacent to an activating group) is 1. The number of aromatic nitrogens is 2. The number of nitrogens with zero attached hydrogens (tertiary/aromatic N) is 1. The largest absolute Gasteiger partial charge is 0.348 e. The van der Waals surface area contributed by atoms with Gasteiger partial charge in [0.1, 0.15) is 10.9 Å². The van der Waals surface area contributed by atoms with Crippen LogP contribution in [-0.2, 0) is 17.6 Å². The molecule has 2 aliphatic carbocycles. The zero-order chi connectivity index (χ0) is 18.4. The van der Waals surface area contributed by atoms with Gasteiger partial charge in [0.2, 0.25) is 0 Å². The van der Waals surface area contributed by atoms with Crippen LogP contribution in [-0.4, -0.2) is 35.5 Å². The molecule has 3 atom stereocenters. The topological polar surface area (TPSA) is 79.3 Å². The minimum Gasteiger partial charge on any atom is -0.348 e. The predicted molar refractivity (Wildman–Crippen MR) is 103 cm³/mol. The molecule has 0 bridgehead atoms. The summed E-state index contributed by atoms with van der Waals surface area (Å²) in [6.45, 7) is 4.67. The van der Waals surface area contributed by atoms with Crippen molar-refractivity contribution in [2.24, 2.45) is 5.92 Å². The van der Waals surface area contributed by atoms with E-state index in [9.17, 15) is 9.59 Å². The lowest BCUT2D eigenvalue weighted by atomic mass is 9.89. The molecular formula is C19H27N4O2S+. The molecule has 0 radical (unpaired) electrons. The molecule has 0 spiro atoms. The third kappa shape index (κ3) is 3.42. The molecule has 3 N–H and O–H groups in total. The summed E-state index contributed by atoms with van der Waals surface area (Å²) in [5.41, 5.74) is 1.18. The summed E-state index contributed by atoms with van der Waals surface area (Å²) in [5.74, 6) is 1.42. The van der Waals surface area contributed by atoms with Gasteiger partial charge in [0.05, 0.1) is 12.4 Å². The van der Waals surface area contributed by atoms with E-state index in [-0.39, 0.29) is 17.5 Å². The molecule has 6 nitrogen and oxygen atoms in total. The summed E-state index contributed by atoms with van der Waals surface area (Å²) in [7, 11) is 1.97. The number of aromatic amines is 1. The maximum absolute atomic E-state index is 12.7. The quantitative estimate of drug-likeness (QED) is 0.728. The fourth-order valence-corrected chi connectivity index (χ4v) is 5.11. The fourth-order valence-electron chi connectivity index (χ4n) is 3.72. The van der Waals surface area contributed by atoms with Gasteiger partial charge in [0, 0.05) is 10.9 Å². The lowest BCUT2D eigenvalue weighted by Gasteiger charge is -2.20. The van der Waals surface area contributed by atoms with Crippen LogP contribution < -0.4 is 15.8 Å². The summed E-state index contributed by atoms with van der Waals surface area (Å²) in [4.78, 5) is 35.8. The summed E-state index contributed by atoms with van der Waals surface area (Å²) in [6.07, 6.45) is 5.34. The number of rotatable bonds is 5. The van der Waals surface area contributed by atoms with E-state index in [1.807, 2.05) is 14.0 Å². The Morgan fingerprint density at radius 2 is 2.19 bits per heavy atom. The van der Waals surface area contributed by atoms with Crippen LogP contribution in [0.5, 0.6) is 0 Å². The number of amides is 1. The first-order chi connectivity index (χ1) is 12.4. The maximum Gasteiger partial charge on any atom is 0.275 e.